The van der Waals surface area contributed by atoms with Crippen molar-refractivity contribution in [2.24, 2.45) is 0 Å². The van der Waals surface area contributed by atoms with Gasteiger partial charge in [0.1, 0.15) is 11.3 Å². The minimum atomic E-state index is -0.428. The molecule has 1 unspecified atom stereocenters. The molecule has 1 aromatic carbocycles. The Morgan fingerprint density at radius 3 is 2.79 bits per heavy atom. The lowest BCUT2D eigenvalue weighted by molar-refractivity contribution is 0.0906. The summed E-state index contributed by atoms with van der Waals surface area (Å²) in [5, 5.41) is 3.73. The zero-order valence-corrected chi connectivity index (χ0v) is 16.3. The molecule has 7 heteroatoms. The van der Waals surface area contributed by atoms with E-state index < -0.39 is 5.91 Å². The fourth-order valence-electron chi connectivity index (χ4n) is 3.61. The number of hydrogen-bond acceptors (Lipinski definition) is 5. The molecule has 1 aliphatic rings. The number of benzene rings is 1. The number of nitrogens with zero attached hydrogens (tertiary/aromatic N) is 1. The minimum absolute atomic E-state index is 0.0150. The Balaban J connectivity index is 1.55. The summed E-state index contributed by atoms with van der Waals surface area (Å²) in [7, 11) is 0. The average molecular weight is 401 g/mol. The molecule has 4 rings (SSSR count). The van der Waals surface area contributed by atoms with Gasteiger partial charge in [-0.25, -0.2) is 0 Å². The highest BCUT2D eigenvalue weighted by Gasteiger charge is 2.26. The summed E-state index contributed by atoms with van der Waals surface area (Å²) in [5.74, 6) is 0.369. The van der Waals surface area contributed by atoms with Crippen molar-refractivity contribution in [1.82, 2.24) is 10.2 Å². The van der Waals surface area contributed by atoms with Gasteiger partial charge in [-0.05, 0) is 62.7 Å². The van der Waals surface area contributed by atoms with E-state index in [1.807, 2.05) is 19.1 Å². The topological polar surface area (TPSA) is 75.7 Å². The third kappa shape index (κ3) is 3.70. The second-order valence-corrected chi connectivity index (χ2v) is 7.46. The zero-order valence-electron chi connectivity index (χ0n) is 15.5. The number of aryl methyl sites for hydroxylation is 1. The standard InChI is InChI=1S/C21H21ClN2O4/c1-13-9-19-14(10-15(13)22)17(25)11-20(28-19)21(26)23-12-16(18-5-4-8-27-18)24-6-2-3-7-24/h4-5,8-11,16H,2-3,6-7,12H2,1H3,(H,23,26). The molecule has 1 atom stereocenters. The lowest BCUT2D eigenvalue weighted by Crippen LogP contribution is -2.36. The Morgan fingerprint density at radius 2 is 2.07 bits per heavy atom. The van der Waals surface area contributed by atoms with Crippen LogP contribution >= 0.6 is 11.6 Å². The molecule has 0 aliphatic carbocycles. The second kappa shape index (κ2) is 7.81. The molecular weight excluding hydrogens is 380 g/mol. The highest BCUT2D eigenvalue weighted by molar-refractivity contribution is 6.32. The third-order valence-corrected chi connectivity index (χ3v) is 5.55. The van der Waals surface area contributed by atoms with Gasteiger partial charge in [0.25, 0.3) is 5.91 Å². The lowest BCUT2D eigenvalue weighted by Gasteiger charge is -2.25. The summed E-state index contributed by atoms with van der Waals surface area (Å²) < 4.78 is 11.2. The van der Waals surface area contributed by atoms with Crippen molar-refractivity contribution in [2.45, 2.75) is 25.8 Å². The van der Waals surface area contributed by atoms with Crippen molar-refractivity contribution in [3.8, 4) is 0 Å². The molecule has 3 aromatic rings. The molecule has 1 amide bonds. The van der Waals surface area contributed by atoms with Crippen LogP contribution in [0.15, 0.2) is 50.2 Å². The van der Waals surface area contributed by atoms with E-state index in [0.717, 1.165) is 37.3 Å². The van der Waals surface area contributed by atoms with Crippen LogP contribution in [0, 0.1) is 6.92 Å². The molecule has 2 aromatic heterocycles. The Morgan fingerprint density at radius 1 is 1.29 bits per heavy atom. The number of likely N-dealkylation sites (tertiary alicyclic amines) is 1. The number of nitrogens with one attached hydrogen (secondary N) is 1. The average Bonchev–Trinajstić information content (AvgIpc) is 3.38. The number of hydrogen-bond donors (Lipinski definition) is 1. The Bertz CT molecular complexity index is 1050. The summed E-state index contributed by atoms with van der Waals surface area (Å²) in [4.78, 5) is 27.3. The first-order valence-corrected chi connectivity index (χ1v) is 9.70. The number of amides is 1. The fourth-order valence-corrected chi connectivity index (χ4v) is 3.77. The van der Waals surface area contributed by atoms with Gasteiger partial charge in [-0.1, -0.05) is 11.6 Å². The molecule has 0 radical (unpaired) electrons. The summed E-state index contributed by atoms with van der Waals surface area (Å²) >= 11 is 6.08. The molecule has 146 valence electrons. The maximum absolute atomic E-state index is 12.7. The first-order chi connectivity index (χ1) is 13.5. The van der Waals surface area contributed by atoms with E-state index in [4.69, 9.17) is 20.4 Å². The van der Waals surface area contributed by atoms with Crippen LogP contribution in [0.3, 0.4) is 0 Å². The molecule has 6 nitrogen and oxygen atoms in total. The van der Waals surface area contributed by atoms with Crippen LogP contribution < -0.4 is 10.7 Å². The minimum Gasteiger partial charge on any atom is -0.468 e. The van der Waals surface area contributed by atoms with Crippen molar-refractivity contribution >= 4 is 28.5 Å². The summed E-state index contributed by atoms with van der Waals surface area (Å²) in [6.07, 6.45) is 3.90. The van der Waals surface area contributed by atoms with Crippen molar-refractivity contribution in [1.29, 1.82) is 0 Å². The molecule has 0 spiro atoms. The molecule has 1 aliphatic heterocycles. The number of carbonyl (C=O) groups is 1. The first kappa shape index (κ1) is 18.8. The van der Waals surface area contributed by atoms with Crippen LogP contribution in [0.5, 0.6) is 0 Å². The van der Waals surface area contributed by atoms with Gasteiger partial charge >= 0.3 is 0 Å². The number of fused-ring (bicyclic) bond motifs is 1. The van der Waals surface area contributed by atoms with Gasteiger partial charge in [0.2, 0.25) is 0 Å². The van der Waals surface area contributed by atoms with E-state index in [9.17, 15) is 9.59 Å². The maximum Gasteiger partial charge on any atom is 0.287 e. The lowest BCUT2D eigenvalue weighted by atomic mass is 10.1. The third-order valence-electron chi connectivity index (χ3n) is 5.14. The van der Waals surface area contributed by atoms with E-state index in [2.05, 4.69) is 10.2 Å². The number of carbonyl (C=O) groups excluding carboxylic acids is 1. The maximum atomic E-state index is 12.7. The van der Waals surface area contributed by atoms with Crippen LogP contribution in [-0.4, -0.2) is 30.4 Å². The van der Waals surface area contributed by atoms with E-state index in [1.165, 1.54) is 6.07 Å². The molecule has 3 heterocycles. The van der Waals surface area contributed by atoms with Crippen molar-refractivity contribution in [3.05, 3.63) is 68.9 Å². The Kier molecular flexibility index (Phi) is 5.24. The Hall–Kier alpha value is -2.57. The highest BCUT2D eigenvalue weighted by Crippen LogP contribution is 2.25. The Labute approximate surface area is 167 Å². The molecule has 1 N–H and O–H groups in total. The van der Waals surface area contributed by atoms with Crippen molar-refractivity contribution in [2.75, 3.05) is 19.6 Å². The van der Waals surface area contributed by atoms with E-state index in [-0.39, 0.29) is 17.2 Å². The van der Waals surface area contributed by atoms with Gasteiger partial charge in [0.05, 0.1) is 17.7 Å². The van der Waals surface area contributed by atoms with Crippen LogP contribution in [0.2, 0.25) is 5.02 Å². The second-order valence-electron chi connectivity index (χ2n) is 7.06. The molecule has 0 saturated carbocycles. The first-order valence-electron chi connectivity index (χ1n) is 9.32. The van der Waals surface area contributed by atoms with Crippen LogP contribution in [0.25, 0.3) is 11.0 Å². The van der Waals surface area contributed by atoms with Gasteiger partial charge in [-0.2, -0.15) is 0 Å². The van der Waals surface area contributed by atoms with Crippen LogP contribution in [-0.2, 0) is 0 Å². The number of furan rings is 1. The van der Waals surface area contributed by atoms with Crippen molar-refractivity contribution < 1.29 is 13.6 Å². The quantitative estimate of drug-likeness (QED) is 0.702. The molecule has 28 heavy (non-hydrogen) atoms. The molecule has 1 saturated heterocycles. The van der Waals surface area contributed by atoms with E-state index in [1.54, 1.807) is 18.4 Å². The predicted molar refractivity (Wildman–Crippen MR) is 107 cm³/mol. The summed E-state index contributed by atoms with van der Waals surface area (Å²) in [6, 6.07) is 8.16. The number of rotatable bonds is 5. The fraction of sp³-hybridized carbons (Fsp3) is 0.333. The predicted octanol–water partition coefficient (Wildman–Crippen LogP) is 3.91. The smallest absolute Gasteiger partial charge is 0.287 e. The molecule has 1 fully saturated rings. The molecule has 0 bridgehead atoms. The monoisotopic (exact) mass is 400 g/mol. The van der Waals surface area contributed by atoms with Gasteiger partial charge < -0.3 is 14.2 Å². The SMILES string of the molecule is Cc1cc2oc(C(=O)NCC(c3ccco3)N3CCCC3)cc(=O)c2cc1Cl. The van der Waals surface area contributed by atoms with Crippen LogP contribution in [0.1, 0.15) is 40.8 Å². The van der Waals surface area contributed by atoms with Gasteiger partial charge in [0, 0.05) is 17.6 Å². The molecular formula is C21H21ClN2O4. The van der Waals surface area contributed by atoms with Crippen LogP contribution in [0.4, 0.5) is 0 Å². The van der Waals surface area contributed by atoms with Crippen molar-refractivity contribution in [3.63, 3.8) is 0 Å². The van der Waals surface area contributed by atoms with Gasteiger partial charge in [-0.15, -0.1) is 0 Å². The van der Waals surface area contributed by atoms with E-state index in [0.29, 0.717) is 22.5 Å². The highest BCUT2D eigenvalue weighted by atomic mass is 35.5. The number of halogens is 1. The van der Waals surface area contributed by atoms with Gasteiger partial charge in [0.15, 0.2) is 11.2 Å². The van der Waals surface area contributed by atoms with E-state index >= 15 is 0 Å². The normalized spacial score (nSPS) is 15.8. The largest absolute Gasteiger partial charge is 0.468 e. The van der Waals surface area contributed by atoms with Gasteiger partial charge in [-0.3, -0.25) is 14.5 Å². The summed E-state index contributed by atoms with van der Waals surface area (Å²) in [6.45, 7) is 4.12. The summed E-state index contributed by atoms with van der Waals surface area (Å²) in [5.41, 5.74) is 0.832. The zero-order chi connectivity index (χ0) is 19.7.